The van der Waals surface area contributed by atoms with Crippen molar-refractivity contribution < 1.29 is 9.21 Å². The highest BCUT2D eigenvalue weighted by Gasteiger charge is 2.14. The summed E-state index contributed by atoms with van der Waals surface area (Å²) < 4.78 is 5.08. The van der Waals surface area contributed by atoms with E-state index in [0.29, 0.717) is 27.6 Å². The molecule has 0 saturated heterocycles. The maximum absolute atomic E-state index is 12.0. The summed E-state index contributed by atoms with van der Waals surface area (Å²) in [6.07, 6.45) is 1.42. The predicted octanol–water partition coefficient (Wildman–Crippen LogP) is 3.05. The molecule has 0 spiro atoms. The SMILES string of the molecule is Cc1cc(C(=O)c2ccc(N)cc2Cl)co1. The van der Waals surface area contributed by atoms with Gasteiger partial charge in [-0.1, -0.05) is 11.6 Å². The molecule has 2 N–H and O–H groups in total. The molecule has 2 aromatic rings. The van der Waals surface area contributed by atoms with Crippen LogP contribution in [0.5, 0.6) is 0 Å². The lowest BCUT2D eigenvalue weighted by Gasteiger charge is -2.02. The van der Waals surface area contributed by atoms with Crippen LogP contribution in [-0.4, -0.2) is 5.78 Å². The van der Waals surface area contributed by atoms with Crippen molar-refractivity contribution in [3.8, 4) is 0 Å². The van der Waals surface area contributed by atoms with Gasteiger partial charge in [-0.05, 0) is 31.2 Å². The molecule has 1 aromatic carbocycles. The lowest BCUT2D eigenvalue weighted by atomic mass is 10.1. The molecule has 0 radical (unpaired) electrons. The molecule has 0 aliphatic carbocycles. The standard InChI is InChI=1S/C12H10ClNO2/c1-7-4-8(6-16-7)12(15)10-3-2-9(14)5-11(10)13/h2-6H,14H2,1H3. The van der Waals surface area contributed by atoms with Crippen LogP contribution >= 0.6 is 11.6 Å². The summed E-state index contributed by atoms with van der Waals surface area (Å²) in [6.45, 7) is 1.78. The minimum absolute atomic E-state index is 0.165. The lowest BCUT2D eigenvalue weighted by molar-refractivity contribution is 0.103. The number of hydrogen-bond donors (Lipinski definition) is 1. The first-order valence-electron chi connectivity index (χ1n) is 4.73. The molecule has 0 bridgehead atoms. The van der Waals surface area contributed by atoms with E-state index in [2.05, 4.69) is 0 Å². The number of aryl methyl sites for hydroxylation is 1. The van der Waals surface area contributed by atoms with Gasteiger partial charge < -0.3 is 10.2 Å². The summed E-state index contributed by atoms with van der Waals surface area (Å²) >= 11 is 5.95. The molecule has 3 nitrogen and oxygen atoms in total. The number of carbonyl (C=O) groups excluding carboxylic acids is 1. The number of benzene rings is 1. The van der Waals surface area contributed by atoms with Crippen molar-refractivity contribution >= 4 is 23.1 Å². The normalized spacial score (nSPS) is 10.4. The number of nitrogen functional groups attached to an aromatic ring is 1. The van der Waals surface area contributed by atoms with E-state index < -0.39 is 0 Å². The summed E-state index contributed by atoms with van der Waals surface area (Å²) in [7, 11) is 0. The zero-order valence-electron chi connectivity index (χ0n) is 8.66. The summed E-state index contributed by atoms with van der Waals surface area (Å²) in [4.78, 5) is 12.0. The number of halogens is 1. The van der Waals surface area contributed by atoms with E-state index in [1.54, 1.807) is 31.2 Å². The van der Waals surface area contributed by atoms with E-state index in [1.165, 1.54) is 6.26 Å². The summed E-state index contributed by atoms with van der Waals surface area (Å²) in [5, 5.41) is 0.351. The van der Waals surface area contributed by atoms with Crippen LogP contribution in [0.15, 0.2) is 34.9 Å². The van der Waals surface area contributed by atoms with E-state index >= 15 is 0 Å². The van der Waals surface area contributed by atoms with Crippen molar-refractivity contribution in [1.29, 1.82) is 0 Å². The van der Waals surface area contributed by atoms with Gasteiger partial charge in [0.25, 0.3) is 0 Å². The third-order valence-corrected chi connectivity index (χ3v) is 2.54. The molecule has 0 atom stereocenters. The Morgan fingerprint density at radius 1 is 1.38 bits per heavy atom. The second-order valence-corrected chi connectivity index (χ2v) is 3.92. The maximum atomic E-state index is 12.0. The van der Waals surface area contributed by atoms with Crippen LogP contribution in [0.2, 0.25) is 5.02 Å². The Balaban J connectivity index is 2.41. The Hall–Kier alpha value is -1.74. The van der Waals surface area contributed by atoms with E-state index in [4.69, 9.17) is 21.8 Å². The maximum Gasteiger partial charge on any atom is 0.197 e. The molecule has 1 heterocycles. The Kier molecular flexibility index (Phi) is 2.71. The average molecular weight is 236 g/mol. The van der Waals surface area contributed by atoms with Crippen molar-refractivity contribution in [2.24, 2.45) is 0 Å². The van der Waals surface area contributed by atoms with Gasteiger partial charge in [-0.25, -0.2) is 0 Å². The minimum Gasteiger partial charge on any atom is -0.469 e. The number of furan rings is 1. The van der Waals surface area contributed by atoms with Crippen LogP contribution < -0.4 is 5.73 Å². The highest BCUT2D eigenvalue weighted by atomic mass is 35.5. The largest absolute Gasteiger partial charge is 0.469 e. The second-order valence-electron chi connectivity index (χ2n) is 3.51. The second kappa shape index (κ2) is 4.02. The van der Waals surface area contributed by atoms with Gasteiger partial charge in [-0.15, -0.1) is 0 Å². The Labute approximate surface area is 97.8 Å². The van der Waals surface area contributed by atoms with Gasteiger partial charge >= 0.3 is 0 Å². The molecule has 4 heteroatoms. The van der Waals surface area contributed by atoms with Gasteiger partial charge in [0.15, 0.2) is 5.78 Å². The van der Waals surface area contributed by atoms with Gasteiger partial charge in [-0.2, -0.15) is 0 Å². The fourth-order valence-corrected chi connectivity index (χ4v) is 1.71. The van der Waals surface area contributed by atoms with E-state index in [-0.39, 0.29) is 5.78 Å². The summed E-state index contributed by atoms with van der Waals surface area (Å²) in [5.74, 6) is 0.525. The fraction of sp³-hybridized carbons (Fsp3) is 0.0833. The molecule has 0 unspecified atom stereocenters. The zero-order valence-corrected chi connectivity index (χ0v) is 9.41. The van der Waals surface area contributed by atoms with Crippen molar-refractivity contribution in [3.63, 3.8) is 0 Å². The third-order valence-electron chi connectivity index (χ3n) is 2.23. The number of nitrogens with two attached hydrogens (primary N) is 1. The van der Waals surface area contributed by atoms with E-state index in [1.807, 2.05) is 0 Å². The van der Waals surface area contributed by atoms with Gasteiger partial charge in [0.1, 0.15) is 12.0 Å². The van der Waals surface area contributed by atoms with Gasteiger partial charge in [0.2, 0.25) is 0 Å². The van der Waals surface area contributed by atoms with Crippen LogP contribution in [0.4, 0.5) is 5.69 Å². The Morgan fingerprint density at radius 2 is 2.12 bits per heavy atom. The quantitative estimate of drug-likeness (QED) is 0.643. The summed E-state index contributed by atoms with van der Waals surface area (Å²) in [6, 6.07) is 6.49. The van der Waals surface area contributed by atoms with Crippen LogP contribution in [0.25, 0.3) is 0 Å². The number of rotatable bonds is 2. The van der Waals surface area contributed by atoms with Crippen LogP contribution in [0.1, 0.15) is 21.7 Å². The predicted molar refractivity (Wildman–Crippen MR) is 62.7 cm³/mol. The smallest absolute Gasteiger partial charge is 0.197 e. The van der Waals surface area contributed by atoms with Crippen molar-refractivity contribution in [2.45, 2.75) is 6.92 Å². The number of carbonyl (C=O) groups is 1. The molecule has 16 heavy (non-hydrogen) atoms. The summed E-state index contributed by atoms with van der Waals surface area (Å²) in [5.41, 5.74) is 7.01. The number of ketones is 1. The van der Waals surface area contributed by atoms with Crippen molar-refractivity contribution in [2.75, 3.05) is 5.73 Å². The molecule has 82 valence electrons. The molecule has 0 aliphatic rings. The highest BCUT2D eigenvalue weighted by Crippen LogP contribution is 2.22. The molecule has 0 saturated carbocycles. The van der Waals surface area contributed by atoms with Gasteiger partial charge in [0, 0.05) is 11.3 Å². The zero-order chi connectivity index (χ0) is 11.7. The lowest BCUT2D eigenvalue weighted by Crippen LogP contribution is -2.01. The topological polar surface area (TPSA) is 56.2 Å². The van der Waals surface area contributed by atoms with E-state index in [0.717, 1.165) is 0 Å². The Morgan fingerprint density at radius 3 is 2.69 bits per heavy atom. The van der Waals surface area contributed by atoms with Crippen LogP contribution in [0.3, 0.4) is 0 Å². The van der Waals surface area contributed by atoms with Crippen LogP contribution in [0, 0.1) is 6.92 Å². The van der Waals surface area contributed by atoms with Gasteiger partial charge in [0.05, 0.1) is 10.6 Å². The number of anilines is 1. The average Bonchev–Trinajstić information content (AvgIpc) is 2.64. The molecular weight excluding hydrogens is 226 g/mol. The van der Waals surface area contributed by atoms with Gasteiger partial charge in [-0.3, -0.25) is 4.79 Å². The third kappa shape index (κ3) is 1.95. The first-order chi connectivity index (χ1) is 7.58. The monoisotopic (exact) mass is 235 g/mol. The molecule has 0 fully saturated rings. The first kappa shape index (κ1) is 10.8. The van der Waals surface area contributed by atoms with Crippen molar-refractivity contribution in [3.05, 3.63) is 52.4 Å². The molecule has 2 rings (SSSR count). The first-order valence-corrected chi connectivity index (χ1v) is 5.10. The number of hydrogen-bond acceptors (Lipinski definition) is 3. The minimum atomic E-state index is -0.165. The Bertz CT molecular complexity index is 546. The molecule has 0 aliphatic heterocycles. The molecule has 1 aromatic heterocycles. The molecular formula is C12H10ClNO2. The van der Waals surface area contributed by atoms with Crippen molar-refractivity contribution in [1.82, 2.24) is 0 Å². The highest BCUT2D eigenvalue weighted by molar-refractivity contribution is 6.35. The van der Waals surface area contributed by atoms with Crippen LogP contribution in [-0.2, 0) is 0 Å². The molecule has 0 amide bonds. The fourth-order valence-electron chi connectivity index (χ4n) is 1.43. The van der Waals surface area contributed by atoms with E-state index in [9.17, 15) is 4.79 Å².